The second-order valence-corrected chi connectivity index (χ2v) is 5.04. The van der Waals surface area contributed by atoms with Crippen LogP contribution in [0.15, 0.2) is 24.3 Å². The van der Waals surface area contributed by atoms with E-state index >= 15 is 0 Å². The first-order valence-electron chi connectivity index (χ1n) is 6.21. The fraction of sp³-hybridized carbons (Fsp3) is 0.533. The Hall–Kier alpha value is -1.31. The number of esters is 1. The van der Waals surface area contributed by atoms with E-state index in [0.29, 0.717) is 12.5 Å². The highest BCUT2D eigenvalue weighted by molar-refractivity contribution is 5.65. The first-order valence-corrected chi connectivity index (χ1v) is 6.21. The van der Waals surface area contributed by atoms with Crippen molar-refractivity contribution in [3.63, 3.8) is 0 Å². The number of carbonyl (C=O) groups excluding carboxylic acids is 1. The van der Waals surface area contributed by atoms with Crippen LogP contribution < -0.4 is 0 Å². The minimum absolute atomic E-state index is 0.215. The molecule has 1 rings (SSSR count). The van der Waals surface area contributed by atoms with Gasteiger partial charge < -0.3 is 4.74 Å². The van der Waals surface area contributed by atoms with Gasteiger partial charge in [0, 0.05) is 12.8 Å². The molecule has 17 heavy (non-hydrogen) atoms. The minimum Gasteiger partial charge on any atom is -0.465 e. The van der Waals surface area contributed by atoms with Crippen molar-refractivity contribution < 1.29 is 9.53 Å². The van der Waals surface area contributed by atoms with E-state index in [9.17, 15) is 4.79 Å². The van der Waals surface area contributed by atoms with E-state index in [1.165, 1.54) is 18.1 Å². The first kappa shape index (κ1) is 13.8. The molecule has 0 aliphatic rings. The lowest BCUT2D eigenvalue weighted by atomic mass is 9.97. The van der Waals surface area contributed by atoms with Gasteiger partial charge in [0.15, 0.2) is 0 Å². The summed E-state index contributed by atoms with van der Waals surface area (Å²) in [4.78, 5) is 10.7. The summed E-state index contributed by atoms with van der Waals surface area (Å²) in [5.41, 5.74) is 2.59. The number of rotatable bonds is 5. The average molecular weight is 234 g/mol. The minimum atomic E-state index is -0.215. The van der Waals surface area contributed by atoms with Crippen LogP contribution in [0.1, 0.15) is 44.7 Å². The lowest BCUT2D eigenvalue weighted by Crippen LogP contribution is -2.08. The Balaban J connectivity index is 2.57. The van der Waals surface area contributed by atoms with Gasteiger partial charge in [-0.05, 0) is 23.5 Å². The molecule has 94 valence electrons. The van der Waals surface area contributed by atoms with Gasteiger partial charge in [-0.15, -0.1) is 0 Å². The number of hydrogen-bond acceptors (Lipinski definition) is 2. The van der Waals surface area contributed by atoms with E-state index in [1.807, 2.05) is 0 Å². The monoisotopic (exact) mass is 234 g/mol. The largest absolute Gasteiger partial charge is 0.465 e. The predicted octanol–water partition coefficient (Wildman–Crippen LogP) is 3.55. The Morgan fingerprint density at radius 1 is 1.18 bits per heavy atom. The molecule has 0 spiro atoms. The van der Waals surface area contributed by atoms with Crippen molar-refractivity contribution >= 4 is 5.97 Å². The SMILES string of the molecule is CC(=O)OC[C@H](C)c1ccc(CC(C)C)cc1. The Bertz CT molecular complexity index is 352. The maximum Gasteiger partial charge on any atom is 0.302 e. The molecule has 0 N–H and O–H groups in total. The van der Waals surface area contributed by atoms with E-state index in [2.05, 4.69) is 45.0 Å². The quantitative estimate of drug-likeness (QED) is 0.728. The highest BCUT2D eigenvalue weighted by Crippen LogP contribution is 2.17. The van der Waals surface area contributed by atoms with Crippen LogP contribution in [0, 0.1) is 5.92 Å². The molecular weight excluding hydrogens is 212 g/mol. The van der Waals surface area contributed by atoms with Crippen molar-refractivity contribution in [2.45, 2.75) is 40.0 Å². The first-order chi connectivity index (χ1) is 7.99. The molecule has 0 bridgehead atoms. The van der Waals surface area contributed by atoms with Crippen LogP contribution in [0.3, 0.4) is 0 Å². The fourth-order valence-corrected chi connectivity index (χ4v) is 1.79. The summed E-state index contributed by atoms with van der Waals surface area (Å²) in [7, 11) is 0. The molecule has 2 nitrogen and oxygen atoms in total. The molecule has 0 aromatic heterocycles. The lowest BCUT2D eigenvalue weighted by molar-refractivity contribution is -0.141. The van der Waals surface area contributed by atoms with Crippen molar-refractivity contribution in [1.29, 1.82) is 0 Å². The lowest BCUT2D eigenvalue weighted by Gasteiger charge is -2.12. The zero-order valence-corrected chi connectivity index (χ0v) is 11.2. The normalized spacial score (nSPS) is 12.5. The van der Waals surface area contributed by atoms with E-state index in [-0.39, 0.29) is 11.9 Å². The standard InChI is InChI=1S/C15H22O2/c1-11(2)9-14-5-7-15(8-6-14)12(3)10-17-13(4)16/h5-8,11-12H,9-10H2,1-4H3/t12-/m0/s1. The highest BCUT2D eigenvalue weighted by Gasteiger charge is 2.07. The van der Waals surface area contributed by atoms with Crippen LogP contribution in [0.4, 0.5) is 0 Å². The van der Waals surface area contributed by atoms with Gasteiger partial charge in [-0.2, -0.15) is 0 Å². The van der Waals surface area contributed by atoms with Crippen molar-refractivity contribution in [3.05, 3.63) is 35.4 Å². The molecule has 0 amide bonds. The Kier molecular flexibility index (Phi) is 5.20. The Labute approximate surface area is 104 Å². The third-order valence-electron chi connectivity index (χ3n) is 2.73. The van der Waals surface area contributed by atoms with E-state index in [0.717, 1.165) is 6.42 Å². The zero-order valence-electron chi connectivity index (χ0n) is 11.2. The summed E-state index contributed by atoms with van der Waals surface area (Å²) in [6, 6.07) is 8.59. The molecule has 0 fully saturated rings. The van der Waals surface area contributed by atoms with Gasteiger partial charge in [-0.25, -0.2) is 0 Å². The molecule has 1 aromatic rings. The van der Waals surface area contributed by atoms with Crippen molar-refractivity contribution in [1.82, 2.24) is 0 Å². The Morgan fingerprint density at radius 3 is 2.24 bits per heavy atom. The van der Waals surface area contributed by atoms with Gasteiger partial charge in [0.25, 0.3) is 0 Å². The predicted molar refractivity (Wildman–Crippen MR) is 70.0 cm³/mol. The van der Waals surface area contributed by atoms with Crippen LogP contribution in [-0.2, 0) is 16.0 Å². The molecule has 0 saturated heterocycles. The second kappa shape index (κ2) is 6.43. The van der Waals surface area contributed by atoms with Gasteiger partial charge in [-0.1, -0.05) is 45.0 Å². The summed E-state index contributed by atoms with van der Waals surface area (Å²) in [5.74, 6) is 0.722. The molecule has 0 aliphatic heterocycles. The highest BCUT2D eigenvalue weighted by atomic mass is 16.5. The molecule has 0 aliphatic carbocycles. The smallest absolute Gasteiger partial charge is 0.302 e. The molecule has 1 aromatic carbocycles. The van der Waals surface area contributed by atoms with Crippen LogP contribution in [0.5, 0.6) is 0 Å². The molecular formula is C15H22O2. The average Bonchev–Trinajstić information content (AvgIpc) is 2.26. The van der Waals surface area contributed by atoms with Gasteiger partial charge >= 0.3 is 5.97 Å². The maximum atomic E-state index is 10.7. The number of ether oxygens (including phenoxy) is 1. The van der Waals surface area contributed by atoms with Gasteiger partial charge in [-0.3, -0.25) is 4.79 Å². The summed E-state index contributed by atoms with van der Waals surface area (Å²) in [6.45, 7) is 8.41. The van der Waals surface area contributed by atoms with Crippen LogP contribution >= 0.6 is 0 Å². The van der Waals surface area contributed by atoms with E-state index in [4.69, 9.17) is 4.74 Å². The molecule has 1 atom stereocenters. The zero-order chi connectivity index (χ0) is 12.8. The van der Waals surface area contributed by atoms with Crippen LogP contribution in [0.25, 0.3) is 0 Å². The molecule has 0 unspecified atom stereocenters. The van der Waals surface area contributed by atoms with Crippen molar-refractivity contribution in [2.75, 3.05) is 6.61 Å². The van der Waals surface area contributed by atoms with E-state index < -0.39 is 0 Å². The number of benzene rings is 1. The molecule has 0 heterocycles. The van der Waals surface area contributed by atoms with E-state index in [1.54, 1.807) is 0 Å². The Morgan fingerprint density at radius 2 is 1.76 bits per heavy atom. The topological polar surface area (TPSA) is 26.3 Å². The maximum absolute atomic E-state index is 10.7. The molecule has 0 radical (unpaired) electrons. The summed E-state index contributed by atoms with van der Waals surface area (Å²) < 4.78 is 5.01. The van der Waals surface area contributed by atoms with Gasteiger partial charge in [0.2, 0.25) is 0 Å². The number of carbonyl (C=O) groups is 1. The summed E-state index contributed by atoms with van der Waals surface area (Å²) >= 11 is 0. The summed E-state index contributed by atoms with van der Waals surface area (Å²) in [5, 5.41) is 0. The van der Waals surface area contributed by atoms with Crippen LogP contribution in [0.2, 0.25) is 0 Å². The second-order valence-electron chi connectivity index (χ2n) is 5.04. The van der Waals surface area contributed by atoms with Gasteiger partial charge in [0.05, 0.1) is 6.61 Å². The number of hydrogen-bond donors (Lipinski definition) is 0. The third kappa shape index (κ3) is 5.03. The van der Waals surface area contributed by atoms with Crippen LogP contribution in [-0.4, -0.2) is 12.6 Å². The fourth-order valence-electron chi connectivity index (χ4n) is 1.79. The van der Waals surface area contributed by atoms with Crippen molar-refractivity contribution in [2.24, 2.45) is 5.92 Å². The van der Waals surface area contributed by atoms with Crippen molar-refractivity contribution in [3.8, 4) is 0 Å². The van der Waals surface area contributed by atoms with Gasteiger partial charge in [0.1, 0.15) is 0 Å². The molecule has 2 heteroatoms. The molecule has 0 saturated carbocycles. The summed E-state index contributed by atoms with van der Waals surface area (Å²) in [6.07, 6.45) is 1.11. The third-order valence-corrected chi connectivity index (χ3v) is 2.73.